The molecule has 0 radical (unpaired) electrons. The van der Waals surface area contributed by atoms with Crippen LogP contribution < -0.4 is 10.1 Å². The van der Waals surface area contributed by atoms with E-state index in [4.69, 9.17) is 4.74 Å². The Morgan fingerprint density at radius 2 is 1.69 bits per heavy atom. The topological polar surface area (TPSA) is 41.6 Å². The van der Waals surface area contributed by atoms with E-state index in [2.05, 4.69) is 5.32 Å². The minimum Gasteiger partial charge on any atom is -0.489 e. The number of amides is 2. The van der Waals surface area contributed by atoms with Gasteiger partial charge in [-0.3, -0.25) is 0 Å². The third-order valence-corrected chi connectivity index (χ3v) is 6.29. The Labute approximate surface area is 188 Å². The van der Waals surface area contributed by atoms with E-state index in [9.17, 15) is 18.0 Å². The Bertz CT molecular complexity index is 1040. The number of alkyl halides is 3. The Hall–Kier alpha value is -3.13. The quantitative estimate of drug-likeness (QED) is 0.471. The molecule has 1 atom stereocenters. The van der Waals surface area contributed by atoms with Gasteiger partial charge in [0.05, 0.1) is 5.56 Å². The minimum absolute atomic E-state index is 0.173. The molecule has 1 aliphatic heterocycles. The summed E-state index contributed by atoms with van der Waals surface area (Å²) < 4.78 is 44.0. The number of benzene rings is 3. The van der Waals surface area contributed by atoms with Gasteiger partial charge in [0, 0.05) is 18.0 Å². The first-order chi connectivity index (χ1) is 15.4. The van der Waals surface area contributed by atoms with Gasteiger partial charge >= 0.3 is 12.2 Å². The molecule has 32 heavy (non-hydrogen) atoms. The third kappa shape index (κ3) is 5.37. The van der Waals surface area contributed by atoms with Crippen LogP contribution in [0.1, 0.15) is 22.1 Å². The number of thioether (sulfide) groups is 1. The van der Waals surface area contributed by atoms with E-state index < -0.39 is 11.7 Å². The predicted molar refractivity (Wildman–Crippen MR) is 120 cm³/mol. The van der Waals surface area contributed by atoms with E-state index in [1.807, 2.05) is 54.6 Å². The van der Waals surface area contributed by atoms with Gasteiger partial charge in [0.1, 0.15) is 17.7 Å². The fourth-order valence-electron chi connectivity index (χ4n) is 3.36. The Balaban J connectivity index is 1.37. The molecule has 3 aromatic rings. The number of hydrogen-bond acceptors (Lipinski definition) is 3. The molecule has 3 aromatic carbocycles. The van der Waals surface area contributed by atoms with E-state index in [1.54, 1.807) is 16.7 Å². The molecule has 1 saturated heterocycles. The summed E-state index contributed by atoms with van der Waals surface area (Å²) in [4.78, 5) is 14.4. The summed E-state index contributed by atoms with van der Waals surface area (Å²) in [6, 6.07) is 21.6. The molecule has 1 unspecified atom stereocenters. The first-order valence-electron chi connectivity index (χ1n) is 10.0. The minimum atomic E-state index is -4.41. The maximum absolute atomic E-state index is 12.8. The van der Waals surface area contributed by atoms with Crippen LogP contribution in [-0.2, 0) is 12.8 Å². The molecule has 0 aliphatic carbocycles. The molecule has 1 fully saturated rings. The summed E-state index contributed by atoms with van der Waals surface area (Å²) in [6.07, 6.45) is -4.41. The van der Waals surface area contributed by atoms with Crippen molar-refractivity contribution in [3.8, 4) is 5.75 Å². The van der Waals surface area contributed by atoms with Crippen molar-refractivity contribution < 1.29 is 22.7 Å². The SMILES string of the molecule is O=C(Nc1ccc(C(F)(F)F)cc1)N1CCSC1c1ccc(OCc2ccccc2)cc1. The highest BCUT2D eigenvalue weighted by molar-refractivity contribution is 7.99. The average Bonchev–Trinajstić information content (AvgIpc) is 3.29. The largest absolute Gasteiger partial charge is 0.489 e. The summed E-state index contributed by atoms with van der Waals surface area (Å²) in [5.74, 6) is 1.51. The number of nitrogens with zero attached hydrogens (tertiary/aromatic N) is 1. The maximum atomic E-state index is 12.8. The summed E-state index contributed by atoms with van der Waals surface area (Å²) in [5.41, 5.74) is 1.61. The van der Waals surface area contributed by atoms with Gasteiger partial charge in [-0.15, -0.1) is 11.8 Å². The normalized spacial score (nSPS) is 16.1. The number of carbonyl (C=O) groups excluding carboxylic acids is 1. The highest BCUT2D eigenvalue weighted by atomic mass is 32.2. The highest BCUT2D eigenvalue weighted by Crippen LogP contribution is 2.39. The molecule has 166 valence electrons. The third-order valence-electron chi connectivity index (χ3n) is 5.03. The van der Waals surface area contributed by atoms with Gasteiger partial charge < -0.3 is 15.0 Å². The predicted octanol–water partition coefficient (Wildman–Crippen LogP) is 6.56. The lowest BCUT2D eigenvalue weighted by Gasteiger charge is -2.24. The van der Waals surface area contributed by atoms with Crippen molar-refractivity contribution in [2.24, 2.45) is 0 Å². The number of anilines is 1. The van der Waals surface area contributed by atoms with Crippen LogP contribution in [0.5, 0.6) is 5.75 Å². The van der Waals surface area contributed by atoms with Crippen LogP contribution in [0.4, 0.5) is 23.7 Å². The zero-order valence-electron chi connectivity index (χ0n) is 17.0. The van der Waals surface area contributed by atoms with Gasteiger partial charge in [-0.05, 0) is 47.5 Å². The zero-order chi connectivity index (χ0) is 22.6. The van der Waals surface area contributed by atoms with Crippen LogP contribution in [-0.4, -0.2) is 23.2 Å². The Kier molecular flexibility index (Phi) is 6.60. The lowest BCUT2D eigenvalue weighted by Crippen LogP contribution is -2.34. The lowest BCUT2D eigenvalue weighted by atomic mass is 10.2. The molecule has 4 rings (SSSR count). The number of carbonyl (C=O) groups is 1. The molecule has 4 nitrogen and oxygen atoms in total. The number of nitrogens with one attached hydrogen (secondary N) is 1. The van der Waals surface area contributed by atoms with Crippen molar-refractivity contribution in [2.75, 3.05) is 17.6 Å². The van der Waals surface area contributed by atoms with Crippen molar-refractivity contribution in [1.29, 1.82) is 0 Å². The van der Waals surface area contributed by atoms with Crippen molar-refractivity contribution in [3.05, 3.63) is 95.6 Å². The fourth-order valence-corrected chi connectivity index (χ4v) is 4.62. The molecular formula is C24H21F3N2O2S. The number of urea groups is 1. The van der Waals surface area contributed by atoms with Crippen LogP contribution in [0, 0.1) is 0 Å². The zero-order valence-corrected chi connectivity index (χ0v) is 17.8. The van der Waals surface area contributed by atoms with E-state index in [0.29, 0.717) is 18.8 Å². The molecule has 1 heterocycles. The van der Waals surface area contributed by atoms with Gasteiger partial charge in [0.2, 0.25) is 0 Å². The van der Waals surface area contributed by atoms with Crippen LogP contribution in [0.25, 0.3) is 0 Å². The standard InChI is InChI=1S/C24H21F3N2O2S/c25-24(26,27)19-8-10-20(11-9-19)28-23(30)29-14-15-32-22(29)18-6-12-21(13-7-18)31-16-17-4-2-1-3-5-17/h1-13,22H,14-16H2,(H,28,30). The molecule has 0 saturated carbocycles. The van der Waals surface area contributed by atoms with Crippen molar-refractivity contribution in [2.45, 2.75) is 18.2 Å². The molecule has 1 aliphatic rings. The lowest BCUT2D eigenvalue weighted by molar-refractivity contribution is -0.137. The van der Waals surface area contributed by atoms with E-state index in [-0.39, 0.29) is 11.4 Å². The number of halogens is 3. The molecule has 2 amide bonds. The van der Waals surface area contributed by atoms with Gasteiger partial charge in [-0.2, -0.15) is 13.2 Å². The van der Waals surface area contributed by atoms with Gasteiger partial charge in [-0.25, -0.2) is 4.79 Å². The first-order valence-corrected chi connectivity index (χ1v) is 11.1. The molecular weight excluding hydrogens is 437 g/mol. The second kappa shape index (κ2) is 9.56. The summed E-state index contributed by atoms with van der Waals surface area (Å²) in [5, 5.41) is 2.52. The fraction of sp³-hybridized carbons (Fsp3) is 0.208. The van der Waals surface area contributed by atoms with Crippen LogP contribution in [0.2, 0.25) is 0 Å². The van der Waals surface area contributed by atoms with Gasteiger partial charge in [0.15, 0.2) is 0 Å². The second-order valence-electron chi connectivity index (χ2n) is 7.27. The van der Waals surface area contributed by atoms with E-state index in [0.717, 1.165) is 34.8 Å². The van der Waals surface area contributed by atoms with Crippen LogP contribution >= 0.6 is 11.8 Å². The second-order valence-corrected chi connectivity index (χ2v) is 8.45. The van der Waals surface area contributed by atoms with Crippen molar-refractivity contribution in [1.82, 2.24) is 4.90 Å². The molecule has 1 N–H and O–H groups in total. The monoisotopic (exact) mass is 458 g/mol. The molecule has 8 heteroatoms. The van der Waals surface area contributed by atoms with Crippen molar-refractivity contribution in [3.63, 3.8) is 0 Å². The highest BCUT2D eigenvalue weighted by Gasteiger charge is 2.32. The van der Waals surface area contributed by atoms with Crippen LogP contribution in [0.15, 0.2) is 78.9 Å². The number of ether oxygens (including phenoxy) is 1. The maximum Gasteiger partial charge on any atom is 0.416 e. The number of rotatable bonds is 5. The Morgan fingerprint density at radius 3 is 2.34 bits per heavy atom. The Morgan fingerprint density at radius 1 is 1.00 bits per heavy atom. The van der Waals surface area contributed by atoms with E-state index >= 15 is 0 Å². The molecule has 0 aromatic heterocycles. The van der Waals surface area contributed by atoms with Crippen LogP contribution in [0.3, 0.4) is 0 Å². The van der Waals surface area contributed by atoms with Gasteiger partial charge in [0.25, 0.3) is 0 Å². The summed E-state index contributed by atoms with van der Waals surface area (Å²) in [7, 11) is 0. The van der Waals surface area contributed by atoms with E-state index in [1.165, 1.54) is 12.1 Å². The average molecular weight is 459 g/mol. The molecule has 0 bridgehead atoms. The molecule has 0 spiro atoms. The first kappa shape index (κ1) is 22.1. The summed E-state index contributed by atoms with van der Waals surface area (Å²) >= 11 is 1.64. The van der Waals surface area contributed by atoms with Crippen molar-refractivity contribution >= 4 is 23.5 Å². The summed E-state index contributed by atoms with van der Waals surface area (Å²) in [6.45, 7) is 1.02. The van der Waals surface area contributed by atoms with Gasteiger partial charge in [-0.1, -0.05) is 42.5 Å². The smallest absolute Gasteiger partial charge is 0.416 e. The number of hydrogen-bond donors (Lipinski definition) is 1.